The number of benzene rings is 2. The molecule has 1 amide bonds. The summed E-state index contributed by atoms with van der Waals surface area (Å²) in [6.07, 6.45) is 4.71. The zero-order valence-electron chi connectivity index (χ0n) is 18.1. The van der Waals surface area contributed by atoms with E-state index in [1.807, 2.05) is 30.3 Å². The van der Waals surface area contributed by atoms with Gasteiger partial charge in [0.1, 0.15) is 12.4 Å². The van der Waals surface area contributed by atoms with E-state index in [1.54, 1.807) is 24.3 Å². The molecular formula is C26H29NO5. The molecule has 2 aromatic rings. The maximum Gasteiger partial charge on any atom is 0.312 e. The number of hydrogen-bond donors (Lipinski definition) is 2. The molecule has 0 aliphatic heterocycles. The number of amides is 1. The molecule has 6 heteroatoms. The molecule has 2 atom stereocenters. The Morgan fingerprint density at radius 2 is 1.66 bits per heavy atom. The Morgan fingerprint density at radius 1 is 0.969 bits per heavy atom. The van der Waals surface area contributed by atoms with E-state index in [4.69, 9.17) is 9.47 Å². The van der Waals surface area contributed by atoms with Crippen molar-refractivity contribution >= 4 is 17.6 Å². The first-order valence-electron chi connectivity index (χ1n) is 11.4. The quantitative estimate of drug-likeness (QED) is 0.640. The molecule has 0 spiro atoms. The number of ether oxygens (including phenoxy) is 2. The largest absolute Gasteiger partial charge is 0.489 e. The van der Waals surface area contributed by atoms with Gasteiger partial charge in [0.2, 0.25) is 0 Å². The molecule has 2 aromatic carbocycles. The Hall–Kier alpha value is -2.86. The molecule has 4 aliphatic rings. The standard InChI is InChI=1S/C26H29NO5/c28-23(27-21-6-8-22(9-7-21)31-15-18-4-2-1-3-5-18)16-32-24(29)25-11-19-10-20(12-25)14-26(30,13-19)17-25/h1-9,19-20,30H,10-17H2,(H,27,28). The van der Waals surface area contributed by atoms with Gasteiger partial charge in [0, 0.05) is 5.69 Å². The zero-order valence-corrected chi connectivity index (χ0v) is 18.1. The van der Waals surface area contributed by atoms with Crippen molar-refractivity contribution in [2.24, 2.45) is 17.3 Å². The lowest BCUT2D eigenvalue weighted by Crippen LogP contribution is -2.58. The number of carbonyl (C=O) groups is 2. The third-order valence-corrected chi connectivity index (χ3v) is 7.18. The van der Waals surface area contributed by atoms with Crippen LogP contribution in [-0.2, 0) is 20.9 Å². The van der Waals surface area contributed by atoms with E-state index in [0.717, 1.165) is 37.7 Å². The number of anilines is 1. The van der Waals surface area contributed by atoms with Crippen LogP contribution in [0.5, 0.6) is 5.75 Å². The summed E-state index contributed by atoms with van der Waals surface area (Å²) >= 11 is 0. The molecule has 168 valence electrons. The van der Waals surface area contributed by atoms with Crippen molar-refractivity contribution in [1.82, 2.24) is 0 Å². The van der Waals surface area contributed by atoms with Gasteiger partial charge in [-0.15, -0.1) is 0 Å². The first kappa shape index (κ1) is 21.0. The summed E-state index contributed by atoms with van der Waals surface area (Å²) < 4.78 is 11.2. The van der Waals surface area contributed by atoms with Crippen LogP contribution in [0, 0.1) is 17.3 Å². The molecule has 32 heavy (non-hydrogen) atoms. The van der Waals surface area contributed by atoms with Crippen molar-refractivity contribution in [3.8, 4) is 5.75 Å². The fourth-order valence-electron chi connectivity index (χ4n) is 6.31. The van der Waals surface area contributed by atoms with Gasteiger partial charge in [-0.05, 0) is 80.2 Å². The molecule has 0 saturated heterocycles. The molecule has 2 unspecified atom stereocenters. The maximum atomic E-state index is 12.9. The predicted molar refractivity (Wildman–Crippen MR) is 119 cm³/mol. The van der Waals surface area contributed by atoms with E-state index < -0.39 is 11.0 Å². The molecule has 2 N–H and O–H groups in total. The SMILES string of the molecule is O=C(COC(=O)C12CC3CC(CC(O)(C3)C1)C2)Nc1ccc(OCc2ccccc2)cc1. The fraction of sp³-hybridized carbons (Fsp3) is 0.462. The van der Waals surface area contributed by atoms with Crippen LogP contribution < -0.4 is 10.1 Å². The topological polar surface area (TPSA) is 84.9 Å². The lowest BCUT2D eigenvalue weighted by Gasteiger charge is -2.58. The van der Waals surface area contributed by atoms with Gasteiger partial charge in [-0.1, -0.05) is 30.3 Å². The van der Waals surface area contributed by atoms with Gasteiger partial charge in [0.15, 0.2) is 6.61 Å². The molecule has 0 aromatic heterocycles. The highest BCUT2D eigenvalue weighted by Crippen LogP contribution is 2.61. The van der Waals surface area contributed by atoms with Crippen LogP contribution in [0.4, 0.5) is 5.69 Å². The Bertz CT molecular complexity index is 973. The second kappa shape index (κ2) is 8.24. The van der Waals surface area contributed by atoms with E-state index in [0.29, 0.717) is 36.3 Å². The maximum absolute atomic E-state index is 12.9. The van der Waals surface area contributed by atoms with Crippen LogP contribution >= 0.6 is 0 Å². The predicted octanol–water partition coefficient (Wildman–Crippen LogP) is 4.08. The van der Waals surface area contributed by atoms with E-state index >= 15 is 0 Å². The van der Waals surface area contributed by atoms with Crippen molar-refractivity contribution < 1.29 is 24.2 Å². The van der Waals surface area contributed by atoms with Crippen molar-refractivity contribution in [1.29, 1.82) is 0 Å². The molecule has 4 fully saturated rings. The minimum atomic E-state index is -0.726. The first-order valence-corrected chi connectivity index (χ1v) is 11.4. The minimum Gasteiger partial charge on any atom is -0.489 e. The molecule has 6 rings (SSSR count). The van der Waals surface area contributed by atoms with Crippen LogP contribution in [0.15, 0.2) is 54.6 Å². The molecule has 0 heterocycles. The number of nitrogens with one attached hydrogen (secondary N) is 1. The second-order valence-electron chi connectivity index (χ2n) is 9.89. The van der Waals surface area contributed by atoms with Crippen molar-refractivity contribution in [3.05, 3.63) is 60.2 Å². The normalized spacial score (nSPS) is 30.0. The van der Waals surface area contributed by atoms with Crippen LogP contribution in [0.1, 0.15) is 44.1 Å². The van der Waals surface area contributed by atoms with Gasteiger partial charge in [-0.3, -0.25) is 9.59 Å². The third-order valence-electron chi connectivity index (χ3n) is 7.18. The average molecular weight is 436 g/mol. The van der Waals surface area contributed by atoms with Crippen molar-refractivity contribution in [2.75, 3.05) is 11.9 Å². The highest BCUT2D eigenvalue weighted by atomic mass is 16.5. The van der Waals surface area contributed by atoms with Crippen molar-refractivity contribution in [2.45, 2.75) is 50.7 Å². The van der Waals surface area contributed by atoms with Crippen LogP contribution in [0.2, 0.25) is 0 Å². The summed E-state index contributed by atoms with van der Waals surface area (Å²) in [4.78, 5) is 25.2. The molecule has 4 saturated carbocycles. The number of rotatable bonds is 7. The molecule has 4 aliphatic carbocycles. The Balaban J connectivity index is 1.11. The second-order valence-corrected chi connectivity index (χ2v) is 9.89. The first-order chi connectivity index (χ1) is 15.4. The third kappa shape index (κ3) is 4.37. The zero-order chi connectivity index (χ0) is 22.2. The van der Waals surface area contributed by atoms with E-state index in [-0.39, 0.29) is 18.5 Å². The minimum absolute atomic E-state index is 0.319. The van der Waals surface area contributed by atoms with Gasteiger partial charge >= 0.3 is 5.97 Å². The van der Waals surface area contributed by atoms with Gasteiger partial charge in [0.05, 0.1) is 11.0 Å². The monoisotopic (exact) mass is 435 g/mol. The number of aliphatic hydroxyl groups is 1. The van der Waals surface area contributed by atoms with Crippen LogP contribution in [0.25, 0.3) is 0 Å². The van der Waals surface area contributed by atoms with E-state index in [1.165, 1.54) is 0 Å². The molecule has 6 nitrogen and oxygen atoms in total. The summed E-state index contributed by atoms with van der Waals surface area (Å²) in [6, 6.07) is 17.0. The lowest BCUT2D eigenvalue weighted by molar-refractivity contribution is -0.196. The number of hydrogen-bond acceptors (Lipinski definition) is 5. The van der Waals surface area contributed by atoms with E-state index in [2.05, 4.69) is 5.32 Å². The van der Waals surface area contributed by atoms with E-state index in [9.17, 15) is 14.7 Å². The Kier molecular flexibility index (Phi) is 5.41. The smallest absolute Gasteiger partial charge is 0.312 e. The fourth-order valence-corrected chi connectivity index (χ4v) is 6.31. The highest BCUT2D eigenvalue weighted by Gasteiger charge is 2.60. The molecule has 4 bridgehead atoms. The molecular weight excluding hydrogens is 406 g/mol. The Morgan fingerprint density at radius 3 is 2.31 bits per heavy atom. The summed E-state index contributed by atoms with van der Waals surface area (Å²) in [6.45, 7) is 0.154. The lowest BCUT2D eigenvalue weighted by atomic mass is 9.48. The Labute approximate surface area is 187 Å². The van der Waals surface area contributed by atoms with Crippen LogP contribution in [0.3, 0.4) is 0 Å². The summed E-state index contributed by atoms with van der Waals surface area (Å²) in [5, 5.41) is 13.6. The highest BCUT2D eigenvalue weighted by molar-refractivity contribution is 5.93. The van der Waals surface area contributed by atoms with Gasteiger partial charge in [0.25, 0.3) is 5.91 Å². The average Bonchev–Trinajstić information content (AvgIpc) is 2.76. The van der Waals surface area contributed by atoms with Crippen LogP contribution in [-0.4, -0.2) is 29.2 Å². The number of esters is 1. The summed E-state index contributed by atoms with van der Waals surface area (Å²) in [7, 11) is 0. The number of carbonyl (C=O) groups excluding carboxylic acids is 2. The summed E-state index contributed by atoms with van der Waals surface area (Å²) in [5.74, 6) is 0.790. The summed E-state index contributed by atoms with van der Waals surface area (Å²) in [5.41, 5.74) is 0.354. The van der Waals surface area contributed by atoms with Gasteiger partial charge < -0.3 is 19.9 Å². The van der Waals surface area contributed by atoms with Crippen molar-refractivity contribution in [3.63, 3.8) is 0 Å². The molecule has 0 radical (unpaired) electrons. The van der Waals surface area contributed by atoms with Gasteiger partial charge in [-0.25, -0.2) is 0 Å². The van der Waals surface area contributed by atoms with Gasteiger partial charge in [-0.2, -0.15) is 0 Å².